The van der Waals surface area contributed by atoms with Crippen molar-refractivity contribution >= 4 is 17.5 Å². The van der Waals surface area contributed by atoms with Crippen LogP contribution in [0.1, 0.15) is 24.3 Å². The van der Waals surface area contributed by atoms with E-state index in [0.29, 0.717) is 11.6 Å². The summed E-state index contributed by atoms with van der Waals surface area (Å²) >= 11 is 5.89. The average Bonchev–Trinajstić information content (AvgIpc) is 2.38. The zero-order valence-electron chi connectivity index (χ0n) is 10.2. The number of amides is 1. The number of carbonyl (C=O) groups is 1. The first-order valence-corrected chi connectivity index (χ1v) is 6.45. The van der Waals surface area contributed by atoms with Crippen LogP contribution in [0.15, 0.2) is 36.5 Å². The third-order valence-corrected chi connectivity index (χ3v) is 3.68. The second-order valence-corrected chi connectivity index (χ2v) is 5.08. The SMILES string of the molecule is C=C(C(N)=O)N1CCCC(c2ccc(Cl)cc2)C1. The normalized spacial score (nSPS) is 19.6. The van der Waals surface area contributed by atoms with Crippen LogP contribution in [-0.4, -0.2) is 23.9 Å². The first-order valence-electron chi connectivity index (χ1n) is 6.07. The van der Waals surface area contributed by atoms with Gasteiger partial charge >= 0.3 is 0 Å². The van der Waals surface area contributed by atoms with Crippen molar-refractivity contribution in [3.05, 3.63) is 47.1 Å². The number of halogens is 1. The molecule has 1 fully saturated rings. The summed E-state index contributed by atoms with van der Waals surface area (Å²) in [5.74, 6) is -0.0288. The summed E-state index contributed by atoms with van der Waals surface area (Å²) in [4.78, 5) is 13.1. The van der Waals surface area contributed by atoms with Crippen LogP contribution in [0, 0.1) is 0 Å². The molecule has 1 heterocycles. The lowest BCUT2D eigenvalue weighted by molar-refractivity contribution is -0.116. The molecule has 1 aliphatic heterocycles. The lowest BCUT2D eigenvalue weighted by atomic mass is 9.90. The molecule has 0 saturated carbocycles. The van der Waals surface area contributed by atoms with E-state index in [1.807, 2.05) is 29.2 Å². The van der Waals surface area contributed by atoms with Gasteiger partial charge in [0.05, 0.1) is 5.70 Å². The van der Waals surface area contributed by atoms with Gasteiger partial charge in [-0.05, 0) is 30.5 Å². The van der Waals surface area contributed by atoms with Crippen molar-refractivity contribution in [2.24, 2.45) is 5.73 Å². The summed E-state index contributed by atoms with van der Waals surface area (Å²) in [7, 11) is 0. The summed E-state index contributed by atoms with van der Waals surface area (Å²) in [6.07, 6.45) is 2.16. The van der Waals surface area contributed by atoms with Crippen molar-refractivity contribution in [1.82, 2.24) is 4.90 Å². The highest BCUT2D eigenvalue weighted by Gasteiger charge is 2.23. The predicted octanol–water partition coefficient (Wildman–Crippen LogP) is 2.52. The van der Waals surface area contributed by atoms with Gasteiger partial charge in [0.15, 0.2) is 0 Å². The maximum atomic E-state index is 11.1. The highest BCUT2D eigenvalue weighted by atomic mass is 35.5. The summed E-state index contributed by atoms with van der Waals surface area (Å²) in [6.45, 7) is 5.40. The summed E-state index contributed by atoms with van der Waals surface area (Å²) < 4.78 is 0. The number of hydrogen-bond acceptors (Lipinski definition) is 2. The molecule has 96 valence electrons. The Morgan fingerprint density at radius 2 is 2.06 bits per heavy atom. The lowest BCUT2D eigenvalue weighted by Gasteiger charge is -2.34. The van der Waals surface area contributed by atoms with Gasteiger partial charge in [-0.3, -0.25) is 4.79 Å². The number of rotatable bonds is 3. The summed E-state index contributed by atoms with van der Waals surface area (Å²) in [6, 6.07) is 7.89. The smallest absolute Gasteiger partial charge is 0.264 e. The zero-order valence-corrected chi connectivity index (χ0v) is 11.0. The van der Waals surface area contributed by atoms with Gasteiger partial charge in [-0.25, -0.2) is 0 Å². The Balaban J connectivity index is 2.09. The molecule has 1 atom stereocenters. The molecule has 1 aliphatic rings. The van der Waals surface area contributed by atoms with Gasteiger partial charge in [0.2, 0.25) is 0 Å². The highest BCUT2D eigenvalue weighted by Crippen LogP contribution is 2.29. The molecule has 0 aromatic heterocycles. The molecule has 1 unspecified atom stereocenters. The number of likely N-dealkylation sites (tertiary alicyclic amines) is 1. The maximum Gasteiger partial charge on any atom is 0.264 e. The Bertz CT molecular complexity index is 455. The van der Waals surface area contributed by atoms with E-state index in [1.54, 1.807) is 0 Å². The molecule has 0 radical (unpaired) electrons. The first-order chi connectivity index (χ1) is 8.58. The molecular weight excluding hydrogens is 248 g/mol. The van der Waals surface area contributed by atoms with Gasteiger partial charge in [-0.1, -0.05) is 30.3 Å². The highest BCUT2D eigenvalue weighted by molar-refractivity contribution is 6.30. The van der Waals surface area contributed by atoms with Crippen LogP contribution in [0.3, 0.4) is 0 Å². The van der Waals surface area contributed by atoms with Crippen LogP contribution in [0.25, 0.3) is 0 Å². The fourth-order valence-corrected chi connectivity index (χ4v) is 2.51. The Kier molecular flexibility index (Phi) is 3.92. The molecule has 4 heteroatoms. The molecule has 2 rings (SSSR count). The van der Waals surface area contributed by atoms with Gasteiger partial charge in [0.1, 0.15) is 0 Å². The van der Waals surface area contributed by atoms with E-state index in [9.17, 15) is 4.79 Å². The molecule has 1 aromatic rings. The van der Waals surface area contributed by atoms with Crippen molar-refractivity contribution in [2.45, 2.75) is 18.8 Å². The third-order valence-electron chi connectivity index (χ3n) is 3.43. The first kappa shape index (κ1) is 13.0. The van der Waals surface area contributed by atoms with Gasteiger partial charge in [0.25, 0.3) is 5.91 Å². The Labute approximate surface area is 112 Å². The van der Waals surface area contributed by atoms with Gasteiger partial charge in [-0.2, -0.15) is 0 Å². The Morgan fingerprint density at radius 1 is 1.39 bits per heavy atom. The summed E-state index contributed by atoms with van der Waals surface area (Å²) in [5.41, 5.74) is 6.94. The molecular formula is C14H17ClN2O. The fraction of sp³-hybridized carbons (Fsp3) is 0.357. The predicted molar refractivity (Wildman–Crippen MR) is 73.3 cm³/mol. The molecule has 1 amide bonds. The van der Waals surface area contributed by atoms with Crippen molar-refractivity contribution in [3.8, 4) is 0 Å². The van der Waals surface area contributed by atoms with Crippen molar-refractivity contribution in [1.29, 1.82) is 0 Å². The fourth-order valence-electron chi connectivity index (χ4n) is 2.39. The second kappa shape index (κ2) is 5.44. The number of nitrogens with zero attached hydrogens (tertiary/aromatic N) is 1. The van der Waals surface area contributed by atoms with Crippen molar-refractivity contribution < 1.29 is 4.79 Å². The van der Waals surface area contributed by atoms with Crippen LogP contribution >= 0.6 is 11.6 Å². The van der Waals surface area contributed by atoms with Gasteiger partial charge in [-0.15, -0.1) is 0 Å². The van der Waals surface area contributed by atoms with E-state index in [-0.39, 0.29) is 0 Å². The van der Waals surface area contributed by atoms with E-state index in [0.717, 1.165) is 31.0 Å². The minimum absolute atomic E-state index is 0.409. The topological polar surface area (TPSA) is 46.3 Å². The van der Waals surface area contributed by atoms with Gasteiger partial charge < -0.3 is 10.6 Å². The maximum absolute atomic E-state index is 11.1. The quantitative estimate of drug-likeness (QED) is 0.853. The molecule has 0 spiro atoms. The third kappa shape index (κ3) is 2.85. The zero-order chi connectivity index (χ0) is 13.1. The van der Waals surface area contributed by atoms with E-state index in [4.69, 9.17) is 17.3 Å². The molecule has 3 nitrogen and oxygen atoms in total. The standard InChI is InChI=1S/C14H17ClN2O/c1-10(14(16)18)17-8-2-3-12(9-17)11-4-6-13(15)7-5-11/h4-7,12H,1-3,8-9H2,(H2,16,18). The second-order valence-electron chi connectivity index (χ2n) is 4.65. The molecule has 18 heavy (non-hydrogen) atoms. The monoisotopic (exact) mass is 264 g/mol. The van der Waals surface area contributed by atoms with E-state index < -0.39 is 5.91 Å². The van der Waals surface area contributed by atoms with Gasteiger partial charge in [0, 0.05) is 24.0 Å². The number of piperidine rings is 1. The Hall–Kier alpha value is -1.48. The number of nitrogens with two attached hydrogens (primary N) is 1. The van der Waals surface area contributed by atoms with Crippen LogP contribution in [0.4, 0.5) is 0 Å². The van der Waals surface area contributed by atoms with E-state index >= 15 is 0 Å². The largest absolute Gasteiger partial charge is 0.367 e. The average molecular weight is 265 g/mol. The molecule has 2 N–H and O–H groups in total. The summed E-state index contributed by atoms with van der Waals surface area (Å²) in [5, 5.41) is 0.743. The minimum Gasteiger partial charge on any atom is -0.367 e. The van der Waals surface area contributed by atoms with Crippen LogP contribution < -0.4 is 5.73 Å². The van der Waals surface area contributed by atoms with Crippen LogP contribution in [-0.2, 0) is 4.79 Å². The van der Waals surface area contributed by atoms with Crippen LogP contribution in [0.2, 0.25) is 5.02 Å². The minimum atomic E-state index is -0.438. The van der Waals surface area contributed by atoms with Crippen LogP contribution in [0.5, 0.6) is 0 Å². The van der Waals surface area contributed by atoms with Crippen molar-refractivity contribution in [3.63, 3.8) is 0 Å². The van der Waals surface area contributed by atoms with E-state index in [1.165, 1.54) is 5.56 Å². The molecule has 1 aromatic carbocycles. The molecule has 0 bridgehead atoms. The lowest BCUT2D eigenvalue weighted by Crippen LogP contribution is -2.37. The van der Waals surface area contributed by atoms with Crippen molar-refractivity contribution in [2.75, 3.05) is 13.1 Å². The number of carbonyl (C=O) groups excluding carboxylic acids is 1. The number of benzene rings is 1. The molecule has 1 saturated heterocycles. The number of hydrogen-bond donors (Lipinski definition) is 1. The van der Waals surface area contributed by atoms with E-state index in [2.05, 4.69) is 6.58 Å². The number of primary amides is 1. The molecule has 0 aliphatic carbocycles. The Morgan fingerprint density at radius 3 is 2.67 bits per heavy atom.